The van der Waals surface area contributed by atoms with Gasteiger partial charge in [0.05, 0.1) is 45.8 Å². The number of ether oxygens (including phenoxy) is 3. The van der Waals surface area contributed by atoms with Crippen molar-refractivity contribution in [2.75, 3.05) is 33.0 Å². The van der Waals surface area contributed by atoms with Crippen LogP contribution in [0.1, 0.15) is 18.4 Å². The Morgan fingerprint density at radius 3 is 2.85 bits per heavy atom. The zero-order chi connectivity index (χ0) is 17.6. The van der Waals surface area contributed by atoms with Crippen molar-refractivity contribution in [2.24, 2.45) is 5.92 Å². The highest BCUT2D eigenvalue weighted by molar-refractivity contribution is 5.59. The van der Waals surface area contributed by atoms with Crippen molar-refractivity contribution in [3.05, 3.63) is 36.0 Å². The van der Waals surface area contributed by atoms with E-state index in [0.29, 0.717) is 45.5 Å². The molecule has 0 spiro atoms. The minimum Gasteiger partial charge on any atom is -0.377 e. The van der Waals surface area contributed by atoms with Crippen LogP contribution in [0.3, 0.4) is 0 Å². The molecule has 1 saturated carbocycles. The second-order valence-electron chi connectivity index (χ2n) is 6.63. The second kappa shape index (κ2) is 8.45. The van der Waals surface area contributed by atoms with Gasteiger partial charge in [-0.25, -0.2) is 4.68 Å². The molecule has 1 aromatic carbocycles. The first-order chi connectivity index (χ1) is 12.9. The lowest BCUT2D eigenvalue weighted by atomic mass is 10.1. The Balaban J connectivity index is 1.25. The van der Waals surface area contributed by atoms with Crippen LogP contribution in [0, 0.1) is 17.8 Å². The average molecular weight is 353 g/mol. The van der Waals surface area contributed by atoms with Crippen LogP contribution >= 0.6 is 0 Å². The molecule has 1 aliphatic heterocycles. The Morgan fingerprint density at radius 2 is 2.08 bits per heavy atom. The Labute approximate surface area is 153 Å². The van der Waals surface area contributed by atoms with E-state index >= 15 is 0 Å². The zero-order valence-electron chi connectivity index (χ0n) is 14.8. The molecule has 6 nitrogen and oxygen atoms in total. The molecule has 2 heterocycles. The van der Waals surface area contributed by atoms with Crippen LogP contribution in [0.25, 0.3) is 11.3 Å². The van der Waals surface area contributed by atoms with E-state index in [0.717, 1.165) is 16.8 Å². The Bertz CT molecular complexity index is 766. The molecule has 136 valence electrons. The van der Waals surface area contributed by atoms with Crippen LogP contribution in [0.5, 0.6) is 0 Å². The van der Waals surface area contributed by atoms with Crippen LogP contribution in [-0.2, 0) is 20.8 Å². The molecule has 1 unspecified atom stereocenters. The third kappa shape index (κ3) is 4.92. The predicted molar refractivity (Wildman–Crippen MR) is 96.4 cm³/mol. The van der Waals surface area contributed by atoms with Gasteiger partial charge in [0, 0.05) is 17.0 Å². The molecule has 0 amide bonds. The molecule has 0 N–H and O–H groups in total. The molecule has 0 radical (unpaired) electrons. The number of hydrogen-bond donors (Lipinski definition) is 0. The van der Waals surface area contributed by atoms with E-state index in [1.54, 1.807) is 4.68 Å². The lowest BCUT2D eigenvalue weighted by Crippen LogP contribution is -2.32. The monoisotopic (exact) mass is 353 g/mol. The SMILES string of the molecule is C(#CC1CC1)c1ccc(-c2cn(CCOCC3COCCO3)nn2)cc1. The van der Waals surface area contributed by atoms with Gasteiger partial charge in [-0.1, -0.05) is 29.2 Å². The summed E-state index contributed by atoms with van der Waals surface area (Å²) in [6.45, 7) is 3.70. The fourth-order valence-corrected chi connectivity index (χ4v) is 2.68. The van der Waals surface area contributed by atoms with Gasteiger partial charge in [0.25, 0.3) is 0 Å². The van der Waals surface area contributed by atoms with Crippen molar-refractivity contribution in [3.8, 4) is 23.1 Å². The summed E-state index contributed by atoms with van der Waals surface area (Å²) in [7, 11) is 0. The summed E-state index contributed by atoms with van der Waals surface area (Å²) in [5, 5.41) is 8.42. The van der Waals surface area contributed by atoms with Crippen molar-refractivity contribution < 1.29 is 14.2 Å². The van der Waals surface area contributed by atoms with Gasteiger partial charge < -0.3 is 14.2 Å². The van der Waals surface area contributed by atoms with Crippen LogP contribution in [-0.4, -0.2) is 54.1 Å². The predicted octanol–water partition coefficient (Wildman–Crippen LogP) is 2.14. The highest BCUT2D eigenvalue weighted by Crippen LogP contribution is 2.27. The number of hydrogen-bond acceptors (Lipinski definition) is 5. The molecule has 1 aliphatic carbocycles. The van der Waals surface area contributed by atoms with Gasteiger partial charge >= 0.3 is 0 Å². The lowest BCUT2D eigenvalue weighted by Gasteiger charge is -2.22. The smallest absolute Gasteiger partial charge is 0.113 e. The molecule has 1 saturated heterocycles. The van der Waals surface area contributed by atoms with Crippen LogP contribution in [0.15, 0.2) is 30.5 Å². The standard InChI is InChI=1S/C20H23N3O3/c1-2-16(1)3-4-17-5-7-18(8-6-17)20-13-23(22-21-20)9-10-24-14-19-15-25-11-12-26-19/h5-8,13,16,19H,1-2,9-12,14-15H2. The normalized spacial score (nSPS) is 19.8. The minimum absolute atomic E-state index is 0.0385. The number of benzene rings is 1. The van der Waals surface area contributed by atoms with Crippen LogP contribution in [0.4, 0.5) is 0 Å². The van der Waals surface area contributed by atoms with E-state index in [1.165, 1.54) is 12.8 Å². The van der Waals surface area contributed by atoms with E-state index in [1.807, 2.05) is 30.5 Å². The molecule has 2 aliphatic rings. The summed E-state index contributed by atoms with van der Waals surface area (Å²) >= 11 is 0. The highest BCUT2D eigenvalue weighted by Gasteiger charge is 2.17. The Kier molecular flexibility index (Phi) is 5.60. The van der Waals surface area contributed by atoms with Crippen molar-refractivity contribution in [2.45, 2.75) is 25.5 Å². The van der Waals surface area contributed by atoms with E-state index in [2.05, 4.69) is 22.2 Å². The highest BCUT2D eigenvalue weighted by atomic mass is 16.6. The third-order valence-corrected chi connectivity index (χ3v) is 4.37. The molecule has 2 fully saturated rings. The summed E-state index contributed by atoms with van der Waals surface area (Å²) < 4.78 is 18.3. The van der Waals surface area contributed by atoms with Gasteiger partial charge in [-0.2, -0.15) is 0 Å². The summed E-state index contributed by atoms with van der Waals surface area (Å²) in [6, 6.07) is 8.17. The number of aromatic nitrogens is 3. The first-order valence-electron chi connectivity index (χ1n) is 9.16. The van der Waals surface area contributed by atoms with Gasteiger partial charge in [-0.3, -0.25) is 0 Å². The minimum atomic E-state index is 0.0385. The maximum Gasteiger partial charge on any atom is 0.113 e. The molecule has 26 heavy (non-hydrogen) atoms. The molecule has 1 aromatic heterocycles. The van der Waals surface area contributed by atoms with Crippen LogP contribution in [0.2, 0.25) is 0 Å². The van der Waals surface area contributed by atoms with Crippen LogP contribution < -0.4 is 0 Å². The van der Waals surface area contributed by atoms with E-state index < -0.39 is 0 Å². The molecule has 4 rings (SSSR count). The van der Waals surface area contributed by atoms with Crippen molar-refractivity contribution in [1.82, 2.24) is 15.0 Å². The van der Waals surface area contributed by atoms with E-state index in [4.69, 9.17) is 14.2 Å². The van der Waals surface area contributed by atoms with Gasteiger partial charge in [0.1, 0.15) is 11.8 Å². The maximum atomic E-state index is 5.65. The quantitative estimate of drug-likeness (QED) is 0.588. The van der Waals surface area contributed by atoms with Crippen molar-refractivity contribution in [3.63, 3.8) is 0 Å². The van der Waals surface area contributed by atoms with Crippen molar-refractivity contribution >= 4 is 0 Å². The molecule has 6 heteroatoms. The molecule has 0 bridgehead atoms. The second-order valence-corrected chi connectivity index (χ2v) is 6.63. The van der Waals surface area contributed by atoms with Gasteiger partial charge in [0.2, 0.25) is 0 Å². The molecule has 2 aromatic rings. The fraction of sp³-hybridized carbons (Fsp3) is 0.500. The molecule has 1 atom stereocenters. The number of nitrogens with zero attached hydrogens (tertiary/aromatic N) is 3. The first kappa shape index (κ1) is 17.2. The van der Waals surface area contributed by atoms with Gasteiger partial charge in [-0.15, -0.1) is 5.10 Å². The summed E-state index contributed by atoms with van der Waals surface area (Å²) in [4.78, 5) is 0. The summed E-state index contributed by atoms with van der Waals surface area (Å²) in [5.74, 6) is 7.12. The number of rotatable bonds is 6. The topological polar surface area (TPSA) is 58.4 Å². The van der Waals surface area contributed by atoms with E-state index in [-0.39, 0.29) is 6.10 Å². The molecular formula is C20H23N3O3. The summed E-state index contributed by atoms with van der Waals surface area (Å²) in [5.41, 5.74) is 2.95. The Hall–Kier alpha value is -2.20. The Morgan fingerprint density at radius 1 is 1.19 bits per heavy atom. The summed E-state index contributed by atoms with van der Waals surface area (Å²) in [6.07, 6.45) is 4.48. The average Bonchev–Trinajstić information content (AvgIpc) is 3.41. The largest absolute Gasteiger partial charge is 0.377 e. The lowest BCUT2D eigenvalue weighted by molar-refractivity contribution is -0.115. The van der Waals surface area contributed by atoms with Gasteiger partial charge in [-0.05, 0) is 25.0 Å². The zero-order valence-corrected chi connectivity index (χ0v) is 14.8. The van der Waals surface area contributed by atoms with Gasteiger partial charge in [0.15, 0.2) is 0 Å². The first-order valence-corrected chi connectivity index (χ1v) is 9.16. The third-order valence-electron chi connectivity index (χ3n) is 4.37. The van der Waals surface area contributed by atoms with Crippen molar-refractivity contribution in [1.29, 1.82) is 0 Å². The van der Waals surface area contributed by atoms with E-state index in [9.17, 15) is 0 Å². The fourth-order valence-electron chi connectivity index (χ4n) is 2.68. The maximum absolute atomic E-state index is 5.65. The molecular weight excluding hydrogens is 330 g/mol.